The van der Waals surface area contributed by atoms with Crippen LogP contribution in [0.4, 0.5) is 4.39 Å². The molecule has 0 amide bonds. The molecule has 102 valence electrons. The van der Waals surface area contributed by atoms with Gasteiger partial charge in [-0.1, -0.05) is 17.3 Å². The molecule has 0 spiro atoms. The van der Waals surface area contributed by atoms with Gasteiger partial charge in [0.15, 0.2) is 5.76 Å². The van der Waals surface area contributed by atoms with Gasteiger partial charge in [-0.2, -0.15) is 5.26 Å². The number of hydrogen-bond donors (Lipinski definition) is 0. The average Bonchev–Trinajstić information content (AvgIpc) is 2.79. The van der Waals surface area contributed by atoms with Crippen LogP contribution in [0.1, 0.15) is 16.9 Å². The molecular formula is C15H14FN3O. The SMILES string of the molecule is Cc1cccc(F)c1-c1noc(C=CN(C)C)c1C#N. The zero-order chi connectivity index (χ0) is 14.7. The number of aryl methyl sites for hydroxylation is 1. The Kier molecular flexibility index (Phi) is 3.85. The second-order valence-electron chi connectivity index (χ2n) is 4.59. The lowest BCUT2D eigenvalue weighted by Crippen LogP contribution is -1.99. The van der Waals surface area contributed by atoms with Gasteiger partial charge >= 0.3 is 0 Å². The number of nitrogens with zero attached hydrogens (tertiary/aromatic N) is 3. The van der Waals surface area contributed by atoms with Crippen molar-refractivity contribution in [2.75, 3.05) is 14.1 Å². The van der Waals surface area contributed by atoms with Gasteiger partial charge in [-0.15, -0.1) is 0 Å². The Balaban J connectivity index is 2.57. The van der Waals surface area contributed by atoms with E-state index in [4.69, 9.17) is 4.52 Å². The molecule has 0 atom stereocenters. The van der Waals surface area contributed by atoms with Gasteiger partial charge < -0.3 is 9.42 Å². The van der Waals surface area contributed by atoms with Gasteiger partial charge in [-0.05, 0) is 18.6 Å². The van der Waals surface area contributed by atoms with Crippen LogP contribution in [0, 0.1) is 24.1 Å². The summed E-state index contributed by atoms with van der Waals surface area (Å²) in [5.74, 6) is -0.100. The molecule has 1 aromatic heterocycles. The molecule has 0 N–H and O–H groups in total. The fraction of sp³-hybridized carbons (Fsp3) is 0.200. The lowest BCUT2D eigenvalue weighted by Gasteiger charge is -2.03. The second-order valence-corrected chi connectivity index (χ2v) is 4.59. The van der Waals surface area contributed by atoms with Crippen molar-refractivity contribution in [1.29, 1.82) is 5.26 Å². The van der Waals surface area contributed by atoms with Gasteiger partial charge in [0.1, 0.15) is 23.1 Å². The molecule has 2 rings (SSSR count). The third-order valence-electron chi connectivity index (χ3n) is 2.81. The summed E-state index contributed by atoms with van der Waals surface area (Å²) in [6, 6.07) is 6.75. The number of halogens is 1. The van der Waals surface area contributed by atoms with Crippen LogP contribution < -0.4 is 0 Å². The molecule has 0 radical (unpaired) electrons. The standard InChI is InChI=1S/C15H14FN3O/c1-10-5-4-6-12(16)14(10)15-11(9-17)13(20-18-15)7-8-19(2)3/h4-8H,1-3H3. The molecule has 0 fully saturated rings. The van der Waals surface area contributed by atoms with Gasteiger partial charge in [0.05, 0.1) is 0 Å². The number of nitriles is 1. The first-order chi connectivity index (χ1) is 9.54. The van der Waals surface area contributed by atoms with Crippen molar-refractivity contribution >= 4 is 6.08 Å². The summed E-state index contributed by atoms with van der Waals surface area (Å²) in [5.41, 5.74) is 1.48. The number of hydrogen-bond acceptors (Lipinski definition) is 4. The summed E-state index contributed by atoms with van der Waals surface area (Å²) in [6.07, 6.45) is 3.37. The van der Waals surface area contributed by atoms with E-state index in [1.807, 2.05) is 20.2 Å². The van der Waals surface area contributed by atoms with Crippen molar-refractivity contribution in [2.24, 2.45) is 0 Å². The van der Waals surface area contributed by atoms with Crippen LogP contribution in [0.25, 0.3) is 17.3 Å². The van der Waals surface area contributed by atoms with Gasteiger partial charge in [0.25, 0.3) is 0 Å². The predicted molar refractivity (Wildman–Crippen MR) is 74.1 cm³/mol. The third kappa shape index (κ3) is 2.54. The highest BCUT2D eigenvalue weighted by Gasteiger charge is 2.20. The first-order valence-corrected chi connectivity index (χ1v) is 6.04. The molecule has 0 aliphatic carbocycles. The van der Waals surface area contributed by atoms with E-state index in [-0.39, 0.29) is 11.3 Å². The highest BCUT2D eigenvalue weighted by molar-refractivity contribution is 5.73. The lowest BCUT2D eigenvalue weighted by atomic mass is 10.0. The fourth-order valence-corrected chi connectivity index (χ4v) is 1.84. The van der Waals surface area contributed by atoms with E-state index in [2.05, 4.69) is 5.16 Å². The quantitative estimate of drug-likeness (QED) is 0.860. The number of rotatable bonds is 3. The van der Waals surface area contributed by atoms with Gasteiger partial charge in [0.2, 0.25) is 0 Å². The molecule has 1 heterocycles. The molecule has 4 nitrogen and oxygen atoms in total. The first kappa shape index (κ1) is 13.8. The minimum atomic E-state index is -0.419. The Labute approximate surface area is 116 Å². The van der Waals surface area contributed by atoms with Gasteiger partial charge in [-0.3, -0.25) is 0 Å². The topological polar surface area (TPSA) is 53.1 Å². The van der Waals surface area contributed by atoms with Crippen molar-refractivity contribution in [3.05, 3.63) is 47.1 Å². The highest BCUT2D eigenvalue weighted by Crippen LogP contribution is 2.30. The molecule has 20 heavy (non-hydrogen) atoms. The van der Waals surface area contributed by atoms with Crippen LogP contribution in [-0.4, -0.2) is 24.2 Å². The molecule has 2 aromatic rings. The van der Waals surface area contributed by atoms with Gasteiger partial charge in [0, 0.05) is 31.9 Å². The van der Waals surface area contributed by atoms with Crippen molar-refractivity contribution < 1.29 is 8.91 Å². The van der Waals surface area contributed by atoms with Crippen LogP contribution in [-0.2, 0) is 0 Å². The van der Waals surface area contributed by atoms with Crippen molar-refractivity contribution in [3.8, 4) is 17.3 Å². The Morgan fingerprint density at radius 3 is 2.75 bits per heavy atom. The normalized spacial score (nSPS) is 10.8. The van der Waals surface area contributed by atoms with Crippen molar-refractivity contribution in [3.63, 3.8) is 0 Å². The summed E-state index contributed by atoms with van der Waals surface area (Å²) in [5, 5.41) is 13.1. The number of aromatic nitrogens is 1. The van der Waals surface area contributed by atoms with Crippen LogP contribution >= 0.6 is 0 Å². The summed E-state index contributed by atoms with van der Waals surface area (Å²) < 4.78 is 19.1. The first-order valence-electron chi connectivity index (χ1n) is 6.04. The van der Waals surface area contributed by atoms with E-state index in [9.17, 15) is 9.65 Å². The van der Waals surface area contributed by atoms with E-state index in [1.54, 1.807) is 36.2 Å². The van der Waals surface area contributed by atoms with Crippen molar-refractivity contribution in [1.82, 2.24) is 10.1 Å². The van der Waals surface area contributed by atoms with Gasteiger partial charge in [-0.25, -0.2) is 4.39 Å². The Morgan fingerprint density at radius 1 is 1.40 bits per heavy atom. The highest BCUT2D eigenvalue weighted by atomic mass is 19.1. The maximum atomic E-state index is 14.0. The Hall–Kier alpha value is -2.61. The molecule has 0 aliphatic heterocycles. The molecule has 0 unspecified atom stereocenters. The molecule has 5 heteroatoms. The zero-order valence-electron chi connectivity index (χ0n) is 11.5. The van der Waals surface area contributed by atoms with E-state index in [0.717, 1.165) is 0 Å². The Morgan fingerprint density at radius 2 is 2.15 bits per heavy atom. The van der Waals surface area contributed by atoms with E-state index < -0.39 is 5.82 Å². The summed E-state index contributed by atoms with van der Waals surface area (Å²) in [6.45, 7) is 1.77. The predicted octanol–water partition coefficient (Wildman–Crippen LogP) is 3.19. The van der Waals surface area contributed by atoms with E-state index in [0.29, 0.717) is 16.9 Å². The van der Waals surface area contributed by atoms with Crippen LogP contribution in [0.5, 0.6) is 0 Å². The fourth-order valence-electron chi connectivity index (χ4n) is 1.84. The summed E-state index contributed by atoms with van der Waals surface area (Å²) in [7, 11) is 3.70. The molecule has 0 saturated heterocycles. The molecular weight excluding hydrogens is 257 g/mol. The molecule has 0 bridgehead atoms. The Bertz CT molecular complexity index is 675. The van der Waals surface area contributed by atoms with E-state index >= 15 is 0 Å². The lowest BCUT2D eigenvalue weighted by molar-refractivity contribution is 0.413. The molecule has 0 aliphatic rings. The maximum absolute atomic E-state index is 14.0. The summed E-state index contributed by atoms with van der Waals surface area (Å²) >= 11 is 0. The largest absolute Gasteiger partial charge is 0.383 e. The minimum Gasteiger partial charge on any atom is -0.383 e. The molecule has 1 aromatic carbocycles. The number of benzene rings is 1. The van der Waals surface area contributed by atoms with E-state index in [1.165, 1.54) is 6.07 Å². The smallest absolute Gasteiger partial charge is 0.179 e. The van der Waals surface area contributed by atoms with Crippen molar-refractivity contribution in [2.45, 2.75) is 6.92 Å². The maximum Gasteiger partial charge on any atom is 0.179 e. The summed E-state index contributed by atoms with van der Waals surface area (Å²) in [4.78, 5) is 1.80. The zero-order valence-corrected chi connectivity index (χ0v) is 11.5. The average molecular weight is 271 g/mol. The minimum absolute atomic E-state index is 0.233. The third-order valence-corrected chi connectivity index (χ3v) is 2.81. The molecule has 0 saturated carbocycles. The second kappa shape index (κ2) is 5.57. The van der Waals surface area contributed by atoms with Crippen LogP contribution in [0.3, 0.4) is 0 Å². The van der Waals surface area contributed by atoms with Crippen LogP contribution in [0.15, 0.2) is 28.9 Å². The van der Waals surface area contributed by atoms with Crippen LogP contribution in [0.2, 0.25) is 0 Å². The monoisotopic (exact) mass is 271 g/mol.